The fourth-order valence-electron chi connectivity index (χ4n) is 2.69. The van der Waals surface area contributed by atoms with Crippen LogP contribution in [0, 0.1) is 0 Å². The van der Waals surface area contributed by atoms with Crippen molar-refractivity contribution in [3.63, 3.8) is 0 Å². The van der Waals surface area contributed by atoms with E-state index in [1.165, 1.54) is 11.0 Å². The summed E-state index contributed by atoms with van der Waals surface area (Å²) in [6, 6.07) is -2.47. The molecule has 1 saturated heterocycles. The number of carbonyl (C=O) groups excluding carboxylic acids is 3. The molecule has 0 aromatic heterocycles. The monoisotopic (exact) mass is 402 g/mol. The first-order valence-corrected chi connectivity index (χ1v) is 8.80. The van der Waals surface area contributed by atoms with Crippen molar-refractivity contribution in [2.75, 3.05) is 20.3 Å². The summed E-state index contributed by atoms with van der Waals surface area (Å²) in [4.78, 5) is 37.9. The van der Waals surface area contributed by atoms with Gasteiger partial charge in [-0.05, 0) is 34.6 Å². The first-order chi connectivity index (χ1) is 12.8. The molecule has 0 aromatic carbocycles. The van der Waals surface area contributed by atoms with E-state index in [4.69, 9.17) is 14.2 Å². The smallest absolute Gasteiger partial charge is 0.412 e. The van der Waals surface area contributed by atoms with Crippen LogP contribution in [0.15, 0.2) is 12.7 Å². The van der Waals surface area contributed by atoms with E-state index < -0.39 is 47.7 Å². The van der Waals surface area contributed by atoms with Crippen molar-refractivity contribution in [2.45, 2.75) is 64.1 Å². The molecule has 0 aromatic rings. The van der Waals surface area contributed by atoms with E-state index in [0.29, 0.717) is 0 Å². The molecule has 2 amide bonds. The number of esters is 1. The van der Waals surface area contributed by atoms with Crippen molar-refractivity contribution in [1.82, 2.24) is 10.2 Å². The minimum Gasteiger partial charge on any atom is -0.467 e. The van der Waals surface area contributed by atoms with Crippen LogP contribution in [-0.2, 0) is 23.7 Å². The van der Waals surface area contributed by atoms with Gasteiger partial charge in [0.2, 0.25) is 0 Å². The highest BCUT2D eigenvalue weighted by molar-refractivity contribution is 5.82. The summed E-state index contributed by atoms with van der Waals surface area (Å²) in [5.74, 6) is -0.906. The molecule has 0 radical (unpaired) electrons. The highest BCUT2D eigenvalue weighted by atomic mass is 16.6. The van der Waals surface area contributed by atoms with Gasteiger partial charge >= 0.3 is 18.2 Å². The van der Waals surface area contributed by atoms with E-state index >= 15 is 0 Å². The lowest BCUT2D eigenvalue weighted by Gasteiger charge is -2.37. The van der Waals surface area contributed by atoms with Crippen molar-refractivity contribution in [3.8, 4) is 0 Å². The molecule has 0 saturated carbocycles. The first-order valence-electron chi connectivity index (χ1n) is 8.80. The molecule has 1 heterocycles. The lowest BCUT2D eigenvalue weighted by molar-refractivity contribution is -0.147. The van der Waals surface area contributed by atoms with Crippen molar-refractivity contribution >= 4 is 18.2 Å². The molecular formula is C18H30N2O8. The number of ether oxygens (including phenoxy) is 4. The van der Waals surface area contributed by atoms with E-state index in [-0.39, 0.29) is 13.2 Å². The normalized spacial score (nSPS) is 20.7. The topological polar surface area (TPSA) is 124 Å². The zero-order valence-electron chi connectivity index (χ0n) is 17.2. The Labute approximate surface area is 164 Å². The lowest BCUT2D eigenvalue weighted by Crippen LogP contribution is -2.60. The summed E-state index contributed by atoms with van der Waals surface area (Å²) in [7, 11) is 1.11. The maximum absolute atomic E-state index is 12.7. The van der Waals surface area contributed by atoms with Crippen LogP contribution >= 0.6 is 0 Å². The average Bonchev–Trinajstić information content (AvgIpc) is 2.90. The largest absolute Gasteiger partial charge is 0.467 e. The van der Waals surface area contributed by atoms with Gasteiger partial charge < -0.3 is 29.4 Å². The molecule has 3 atom stereocenters. The third-order valence-corrected chi connectivity index (χ3v) is 3.91. The minimum atomic E-state index is -1.54. The van der Waals surface area contributed by atoms with Gasteiger partial charge in [-0.2, -0.15) is 0 Å². The molecule has 160 valence electrons. The summed E-state index contributed by atoms with van der Waals surface area (Å²) in [6.07, 6.45) is -1.87. The number of aliphatic hydroxyl groups excluding tert-OH is 1. The summed E-state index contributed by atoms with van der Waals surface area (Å²) >= 11 is 0. The highest BCUT2D eigenvalue weighted by Gasteiger charge is 2.51. The van der Waals surface area contributed by atoms with Gasteiger partial charge in [0.15, 0.2) is 6.04 Å². The van der Waals surface area contributed by atoms with Gasteiger partial charge in [-0.1, -0.05) is 12.7 Å². The number of nitrogens with zero attached hydrogens (tertiary/aromatic N) is 1. The molecule has 1 aliphatic rings. The third kappa shape index (κ3) is 6.10. The fraction of sp³-hybridized carbons (Fsp3) is 0.722. The second kappa shape index (κ2) is 9.24. The number of methoxy groups -OCH3 is 1. The Hall–Kier alpha value is -2.33. The second-order valence-corrected chi connectivity index (χ2v) is 7.70. The Kier molecular flexibility index (Phi) is 7.83. The van der Waals surface area contributed by atoms with Crippen molar-refractivity contribution in [3.05, 3.63) is 12.7 Å². The Morgan fingerprint density at radius 1 is 1.39 bits per heavy atom. The maximum Gasteiger partial charge on any atom is 0.412 e. The first kappa shape index (κ1) is 23.7. The van der Waals surface area contributed by atoms with Crippen molar-refractivity contribution < 1.29 is 38.4 Å². The molecule has 10 heteroatoms. The standard InChI is InChI=1S/C18H30N2O8/c1-8-9-26-15(23)19-12(14(22)25-7)13(21)11-10-27-18(5,6)20(11)16(24)28-17(2,3)4/h8,11-13,21H,1,9-10H2,2-7H3,(H,19,23)/t11-,12+,13-/m0/s1. The van der Waals surface area contributed by atoms with Gasteiger partial charge in [0.05, 0.1) is 19.8 Å². The predicted octanol–water partition coefficient (Wildman–Crippen LogP) is 1.17. The Bertz CT molecular complexity index is 599. The lowest BCUT2D eigenvalue weighted by atomic mass is 10.0. The van der Waals surface area contributed by atoms with Crippen LogP contribution in [-0.4, -0.2) is 78.0 Å². The van der Waals surface area contributed by atoms with Gasteiger partial charge in [0.1, 0.15) is 24.0 Å². The van der Waals surface area contributed by atoms with Gasteiger partial charge in [-0.15, -0.1) is 0 Å². The van der Waals surface area contributed by atoms with E-state index in [2.05, 4.69) is 16.6 Å². The summed E-state index contributed by atoms with van der Waals surface area (Å²) in [5, 5.41) is 13.1. The Morgan fingerprint density at radius 2 is 2.00 bits per heavy atom. The van der Waals surface area contributed by atoms with Crippen LogP contribution in [0.1, 0.15) is 34.6 Å². The number of carbonyl (C=O) groups is 3. The number of hydrogen-bond acceptors (Lipinski definition) is 8. The second-order valence-electron chi connectivity index (χ2n) is 7.70. The van der Waals surface area contributed by atoms with Crippen LogP contribution < -0.4 is 5.32 Å². The molecule has 0 bridgehead atoms. The van der Waals surface area contributed by atoms with Gasteiger partial charge in [-0.25, -0.2) is 14.4 Å². The quantitative estimate of drug-likeness (QED) is 0.386. The molecule has 28 heavy (non-hydrogen) atoms. The highest BCUT2D eigenvalue weighted by Crippen LogP contribution is 2.31. The third-order valence-electron chi connectivity index (χ3n) is 3.91. The van der Waals surface area contributed by atoms with E-state index in [1.54, 1.807) is 34.6 Å². The van der Waals surface area contributed by atoms with Crippen LogP contribution in [0.4, 0.5) is 9.59 Å². The molecule has 0 unspecified atom stereocenters. The molecule has 0 aliphatic carbocycles. The summed E-state index contributed by atoms with van der Waals surface area (Å²) in [6.45, 7) is 11.6. The number of nitrogens with one attached hydrogen (secondary N) is 1. The van der Waals surface area contributed by atoms with E-state index in [9.17, 15) is 19.5 Å². The van der Waals surface area contributed by atoms with Crippen LogP contribution in [0.3, 0.4) is 0 Å². The zero-order valence-corrected chi connectivity index (χ0v) is 17.2. The fourth-order valence-corrected chi connectivity index (χ4v) is 2.69. The van der Waals surface area contributed by atoms with Crippen LogP contribution in [0.5, 0.6) is 0 Å². The van der Waals surface area contributed by atoms with Gasteiger partial charge in [0, 0.05) is 0 Å². The summed E-state index contributed by atoms with van der Waals surface area (Å²) < 4.78 is 20.5. The number of amides is 2. The molecule has 1 rings (SSSR count). The number of rotatable bonds is 6. The number of aliphatic hydroxyl groups is 1. The Morgan fingerprint density at radius 3 is 2.50 bits per heavy atom. The Balaban J connectivity index is 3.08. The molecule has 1 fully saturated rings. The van der Waals surface area contributed by atoms with Gasteiger partial charge in [0.25, 0.3) is 0 Å². The molecule has 10 nitrogen and oxygen atoms in total. The molecule has 1 aliphatic heterocycles. The SMILES string of the molecule is C=CCOC(=O)N[C@@H](C(=O)OC)[C@@H](O)[C@@H]1COC(C)(C)N1C(=O)OC(C)(C)C. The van der Waals surface area contributed by atoms with E-state index in [0.717, 1.165) is 7.11 Å². The van der Waals surface area contributed by atoms with Gasteiger partial charge in [-0.3, -0.25) is 4.90 Å². The van der Waals surface area contributed by atoms with Crippen LogP contribution in [0.25, 0.3) is 0 Å². The number of hydrogen-bond donors (Lipinski definition) is 2. The minimum absolute atomic E-state index is 0.0791. The summed E-state index contributed by atoms with van der Waals surface area (Å²) in [5.41, 5.74) is -1.88. The average molecular weight is 402 g/mol. The zero-order chi connectivity index (χ0) is 21.7. The van der Waals surface area contributed by atoms with E-state index in [1.807, 2.05) is 0 Å². The predicted molar refractivity (Wildman–Crippen MR) is 98.4 cm³/mol. The molecule has 0 spiro atoms. The molecule has 2 N–H and O–H groups in total. The van der Waals surface area contributed by atoms with Crippen LogP contribution in [0.2, 0.25) is 0 Å². The number of alkyl carbamates (subject to hydrolysis) is 1. The molecular weight excluding hydrogens is 372 g/mol. The van der Waals surface area contributed by atoms with Crippen molar-refractivity contribution in [1.29, 1.82) is 0 Å². The maximum atomic E-state index is 12.7. The van der Waals surface area contributed by atoms with Crippen molar-refractivity contribution in [2.24, 2.45) is 0 Å².